The quantitative estimate of drug-likeness (QED) is 0.840. The Morgan fingerprint density at radius 3 is 2.85 bits per heavy atom. The van der Waals surface area contributed by atoms with E-state index in [1.54, 1.807) is 7.11 Å². The molecule has 1 N–H and O–H groups in total. The van der Waals surface area contributed by atoms with E-state index in [9.17, 15) is 9.90 Å². The molecular formula is C16H20O4. The summed E-state index contributed by atoms with van der Waals surface area (Å²) in [6.07, 6.45) is 3.26. The molecular weight excluding hydrogens is 256 g/mol. The molecule has 1 spiro atoms. The Hall–Kier alpha value is -1.55. The maximum atomic E-state index is 11.4. The molecule has 1 saturated carbocycles. The van der Waals surface area contributed by atoms with Crippen molar-refractivity contribution >= 4 is 5.97 Å². The van der Waals surface area contributed by atoms with Gasteiger partial charge in [0.1, 0.15) is 5.75 Å². The zero-order valence-corrected chi connectivity index (χ0v) is 11.9. The Kier molecular flexibility index (Phi) is 3.21. The van der Waals surface area contributed by atoms with Gasteiger partial charge in [0, 0.05) is 13.0 Å². The van der Waals surface area contributed by atoms with Crippen LogP contribution in [0, 0.1) is 11.3 Å². The van der Waals surface area contributed by atoms with Crippen LogP contribution >= 0.6 is 0 Å². The molecule has 0 heterocycles. The zero-order chi connectivity index (χ0) is 14.3. The molecule has 1 aromatic carbocycles. The number of fused-ring (bicyclic) bond motifs is 1. The number of carbonyl (C=O) groups is 1. The van der Waals surface area contributed by atoms with Crippen LogP contribution in [-0.4, -0.2) is 25.0 Å². The second kappa shape index (κ2) is 4.77. The first kappa shape index (κ1) is 13.4. The van der Waals surface area contributed by atoms with Crippen molar-refractivity contribution in [3.63, 3.8) is 0 Å². The lowest BCUT2D eigenvalue weighted by Crippen LogP contribution is -2.23. The highest BCUT2D eigenvalue weighted by Crippen LogP contribution is 2.65. The molecule has 2 aliphatic carbocycles. The Morgan fingerprint density at radius 2 is 2.25 bits per heavy atom. The van der Waals surface area contributed by atoms with Gasteiger partial charge in [-0.25, -0.2) is 0 Å². The fraction of sp³-hybridized carbons (Fsp3) is 0.562. The molecule has 4 heteroatoms. The van der Waals surface area contributed by atoms with Crippen LogP contribution in [0.25, 0.3) is 0 Å². The molecule has 1 fully saturated rings. The highest BCUT2D eigenvalue weighted by molar-refractivity contribution is 5.72. The molecule has 0 aromatic heterocycles. The summed E-state index contributed by atoms with van der Waals surface area (Å²) in [4.78, 5) is 11.4. The van der Waals surface area contributed by atoms with E-state index in [4.69, 9.17) is 9.47 Å². The fourth-order valence-electron chi connectivity index (χ4n) is 3.67. The second-order valence-corrected chi connectivity index (χ2v) is 6.06. The molecule has 2 unspecified atom stereocenters. The smallest absolute Gasteiger partial charge is 0.306 e. The van der Waals surface area contributed by atoms with E-state index in [1.807, 2.05) is 25.1 Å². The first-order valence-corrected chi connectivity index (χ1v) is 7.05. The molecule has 0 bridgehead atoms. The van der Waals surface area contributed by atoms with Crippen molar-refractivity contribution in [2.45, 2.75) is 32.1 Å². The topological polar surface area (TPSA) is 55.8 Å². The van der Waals surface area contributed by atoms with Crippen molar-refractivity contribution in [1.82, 2.24) is 0 Å². The van der Waals surface area contributed by atoms with Gasteiger partial charge in [-0.05, 0) is 47.9 Å². The zero-order valence-electron chi connectivity index (χ0n) is 11.9. The third-order valence-corrected chi connectivity index (χ3v) is 4.78. The molecule has 4 nitrogen and oxygen atoms in total. The highest BCUT2D eigenvalue weighted by Gasteiger charge is 2.57. The van der Waals surface area contributed by atoms with Crippen LogP contribution in [0.1, 0.15) is 36.8 Å². The summed E-state index contributed by atoms with van der Waals surface area (Å²) in [7, 11) is 1.59. The minimum atomic E-state index is -0.700. The molecule has 3 rings (SSSR count). The molecule has 2 atom stereocenters. The van der Waals surface area contributed by atoms with Crippen LogP contribution in [-0.2, 0) is 16.0 Å². The van der Waals surface area contributed by atoms with Crippen LogP contribution in [0.5, 0.6) is 5.75 Å². The van der Waals surface area contributed by atoms with Gasteiger partial charge in [-0.3, -0.25) is 4.79 Å². The maximum absolute atomic E-state index is 11.4. The van der Waals surface area contributed by atoms with Gasteiger partial charge in [0.05, 0.1) is 5.92 Å². The average molecular weight is 276 g/mol. The first-order valence-electron chi connectivity index (χ1n) is 7.05. The number of hydrogen-bond donors (Lipinski definition) is 1. The molecule has 0 radical (unpaired) electrons. The van der Waals surface area contributed by atoms with Crippen molar-refractivity contribution < 1.29 is 19.4 Å². The number of rotatable bonds is 5. The van der Waals surface area contributed by atoms with Crippen LogP contribution < -0.4 is 4.74 Å². The summed E-state index contributed by atoms with van der Waals surface area (Å²) in [5.41, 5.74) is 2.64. The van der Waals surface area contributed by atoms with E-state index in [0.717, 1.165) is 25.0 Å². The van der Waals surface area contributed by atoms with Gasteiger partial charge in [-0.2, -0.15) is 0 Å². The summed E-state index contributed by atoms with van der Waals surface area (Å²) >= 11 is 0. The highest BCUT2D eigenvalue weighted by atomic mass is 16.7. The number of benzene rings is 1. The van der Waals surface area contributed by atoms with Crippen LogP contribution in [0.4, 0.5) is 0 Å². The third-order valence-electron chi connectivity index (χ3n) is 4.78. The van der Waals surface area contributed by atoms with Gasteiger partial charge < -0.3 is 14.6 Å². The number of ether oxygens (including phenoxy) is 2. The Bertz CT molecular complexity index is 533. The second-order valence-electron chi connectivity index (χ2n) is 6.06. The van der Waals surface area contributed by atoms with Gasteiger partial charge in [0.25, 0.3) is 0 Å². The number of hydrogen-bond acceptors (Lipinski definition) is 3. The predicted octanol–water partition coefficient (Wildman–Crippen LogP) is 2.81. The number of carboxylic acids is 1. The van der Waals surface area contributed by atoms with E-state index in [-0.39, 0.29) is 24.0 Å². The van der Waals surface area contributed by atoms with Crippen molar-refractivity contribution in [1.29, 1.82) is 0 Å². The monoisotopic (exact) mass is 276 g/mol. The number of methoxy groups -OCH3 is 1. The van der Waals surface area contributed by atoms with E-state index < -0.39 is 5.97 Å². The molecule has 1 aromatic rings. The standard InChI is InChI=1S/C16H20O4/c1-10(15(17)18)14-13-4-3-12(20-9-19-2)7-11(13)8-16(14)5-6-16/h3-4,7,10,14H,5-6,8-9H2,1-2H3,(H,17,18). The van der Waals surface area contributed by atoms with Gasteiger partial charge in [0.15, 0.2) is 6.79 Å². The SMILES string of the molecule is COCOc1ccc2c(c1)CC1(CC1)C2C(C)C(=O)O. The lowest BCUT2D eigenvalue weighted by molar-refractivity contribution is -0.142. The van der Waals surface area contributed by atoms with Crippen LogP contribution in [0.2, 0.25) is 0 Å². The molecule has 2 aliphatic rings. The average Bonchev–Trinajstić information content (AvgIpc) is 3.10. The summed E-state index contributed by atoms with van der Waals surface area (Å²) in [6, 6.07) is 6.00. The largest absolute Gasteiger partial charge is 0.481 e. The summed E-state index contributed by atoms with van der Waals surface area (Å²) in [6.45, 7) is 2.07. The predicted molar refractivity (Wildman–Crippen MR) is 73.9 cm³/mol. The van der Waals surface area contributed by atoms with Crippen molar-refractivity contribution in [2.24, 2.45) is 11.3 Å². The molecule has 0 amide bonds. The number of aliphatic carboxylic acids is 1. The Balaban J connectivity index is 1.90. The Morgan fingerprint density at radius 1 is 1.50 bits per heavy atom. The van der Waals surface area contributed by atoms with Gasteiger partial charge in [-0.15, -0.1) is 0 Å². The lowest BCUT2D eigenvalue weighted by Gasteiger charge is -2.23. The fourth-order valence-corrected chi connectivity index (χ4v) is 3.67. The van der Waals surface area contributed by atoms with Crippen LogP contribution in [0.15, 0.2) is 18.2 Å². The normalized spacial score (nSPS) is 23.4. The Labute approximate surface area is 118 Å². The van der Waals surface area contributed by atoms with E-state index in [1.165, 1.54) is 11.1 Å². The summed E-state index contributed by atoms with van der Waals surface area (Å²) in [5, 5.41) is 9.36. The van der Waals surface area contributed by atoms with Crippen molar-refractivity contribution in [3.05, 3.63) is 29.3 Å². The first-order chi connectivity index (χ1) is 9.57. The molecule has 0 aliphatic heterocycles. The lowest BCUT2D eigenvalue weighted by atomic mass is 9.80. The molecule has 0 saturated heterocycles. The van der Waals surface area contributed by atoms with E-state index >= 15 is 0 Å². The summed E-state index contributed by atoms with van der Waals surface area (Å²) in [5.74, 6) is -0.0881. The van der Waals surface area contributed by atoms with Gasteiger partial charge in [0.2, 0.25) is 0 Å². The third kappa shape index (κ3) is 2.08. The van der Waals surface area contributed by atoms with Crippen LogP contribution in [0.3, 0.4) is 0 Å². The van der Waals surface area contributed by atoms with Crippen molar-refractivity contribution in [3.8, 4) is 5.75 Å². The minimum Gasteiger partial charge on any atom is -0.481 e. The van der Waals surface area contributed by atoms with Crippen molar-refractivity contribution in [2.75, 3.05) is 13.9 Å². The minimum absolute atomic E-state index is 0.145. The van der Waals surface area contributed by atoms with Gasteiger partial charge in [-0.1, -0.05) is 13.0 Å². The summed E-state index contributed by atoms with van der Waals surface area (Å²) < 4.78 is 10.4. The number of carboxylic acid groups (broad SMARTS) is 1. The van der Waals surface area contributed by atoms with E-state index in [0.29, 0.717) is 0 Å². The maximum Gasteiger partial charge on any atom is 0.306 e. The molecule has 20 heavy (non-hydrogen) atoms. The van der Waals surface area contributed by atoms with E-state index in [2.05, 4.69) is 0 Å². The molecule has 108 valence electrons. The van der Waals surface area contributed by atoms with Gasteiger partial charge >= 0.3 is 5.97 Å².